The van der Waals surface area contributed by atoms with Gasteiger partial charge < -0.3 is 0 Å². The van der Waals surface area contributed by atoms with Crippen molar-refractivity contribution < 1.29 is 4.79 Å². The van der Waals surface area contributed by atoms with Crippen molar-refractivity contribution in [3.63, 3.8) is 0 Å². The Kier molecular flexibility index (Phi) is 3.49. The average molecular weight is 215 g/mol. The number of hydrogen-bond donors (Lipinski definition) is 0. The molecule has 0 spiro atoms. The average Bonchev–Trinajstić information content (AvgIpc) is 2.20. The molecule has 1 aromatic carbocycles. The molecule has 0 radical (unpaired) electrons. The smallest absolute Gasteiger partial charge is 0.159 e. The van der Waals surface area contributed by atoms with Gasteiger partial charge in [0, 0.05) is 5.41 Å². The largest absolute Gasteiger partial charge is 0.297 e. The van der Waals surface area contributed by atoms with Crippen LogP contribution in [0.1, 0.15) is 37.8 Å². The fourth-order valence-corrected chi connectivity index (χ4v) is 1.61. The number of aryl methyl sites for hydroxylation is 1. The summed E-state index contributed by atoms with van der Waals surface area (Å²) in [6.45, 7) is 7.46. The number of carbonyl (C=O) groups is 1. The number of carbonyl (C=O) groups excluding carboxylic acids is 1. The second kappa shape index (κ2) is 4.49. The van der Waals surface area contributed by atoms with Crippen LogP contribution in [0.5, 0.6) is 0 Å². The van der Waals surface area contributed by atoms with E-state index in [1.165, 1.54) is 0 Å². The summed E-state index contributed by atoms with van der Waals surface area (Å²) in [5, 5.41) is 9.17. The predicted octanol–water partition coefficient (Wildman–Crippen LogP) is 3.22. The van der Waals surface area contributed by atoms with Gasteiger partial charge in [0.1, 0.15) is 5.92 Å². The van der Waals surface area contributed by atoms with Crippen LogP contribution in [0.25, 0.3) is 0 Å². The fourth-order valence-electron chi connectivity index (χ4n) is 1.61. The maximum atomic E-state index is 12.1. The first-order valence-corrected chi connectivity index (χ1v) is 5.37. The van der Waals surface area contributed by atoms with Gasteiger partial charge >= 0.3 is 0 Å². The number of Topliss-reactive ketones (excluding diaryl/α,β-unsaturated/α-hetero) is 1. The molecule has 0 aromatic heterocycles. The fraction of sp³-hybridized carbons (Fsp3) is 0.429. The van der Waals surface area contributed by atoms with Crippen molar-refractivity contribution in [1.82, 2.24) is 0 Å². The lowest BCUT2D eigenvalue weighted by atomic mass is 9.79. The molecule has 2 heteroatoms. The standard InChI is InChI=1S/C14H17NO/c1-10-7-5-6-8-11(10)12(9-15)13(16)14(2,3)4/h5-8,12H,1-4H3. The summed E-state index contributed by atoms with van der Waals surface area (Å²) in [5.74, 6) is -0.675. The Labute approximate surface area is 96.9 Å². The molecule has 0 amide bonds. The second-order valence-corrected chi connectivity index (χ2v) is 5.03. The lowest BCUT2D eigenvalue weighted by Gasteiger charge is -2.21. The normalized spacial score (nSPS) is 12.9. The third-order valence-corrected chi connectivity index (χ3v) is 2.63. The first kappa shape index (κ1) is 12.4. The van der Waals surface area contributed by atoms with Crippen molar-refractivity contribution in [2.24, 2.45) is 5.41 Å². The molecule has 1 unspecified atom stereocenters. The van der Waals surface area contributed by atoms with Gasteiger partial charge in [-0.25, -0.2) is 0 Å². The third-order valence-electron chi connectivity index (χ3n) is 2.63. The Bertz CT molecular complexity index is 435. The molecule has 1 aromatic rings. The first-order valence-electron chi connectivity index (χ1n) is 5.37. The van der Waals surface area contributed by atoms with Gasteiger partial charge in [-0.3, -0.25) is 4.79 Å². The molecule has 1 rings (SSSR count). The minimum Gasteiger partial charge on any atom is -0.297 e. The molecule has 0 bridgehead atoms. The summed E-state index contributed by atoms with van der Waals surface area (Å²) >= 11 is 0. The molecule has 0 aliphatic carbocycles. The van der Waals surface area contributed by atoms with Crippen LogP contribution in [-0.2, 0) is 4.79 Å². The van der Waals surface area contributed by atoms with Gasteiger partial charge in [-0.05, 0) is 18.1 Å². The Balaban J connectivity index is 3.16. The maximum absolute atomic E-state index is 12.1. The Morgan fingerprint density at radius 1 is 1.31 bits per heavy atom. The number of nitrogens with zero attached hydrogens (tertiary/aromatic N) is 1. The zero-order chi connectivity index (χ0) is 12.3. The van der Waals surface area contributed by atoms with Crippen molar-refractivity contribution >= 4 is 5.78 Å². The zero-order valence-corrected chi connectivity index (χ0v) is 10.2. The number of rotatable bonds is 2. The molecular formula is C14H17NO. The molecule has 0 fully saturated rings. The Morgan fingerprint density at radius 3 is 2.31 bits per heavy atom. The Morgan fingerprint density at radius 2 is 1.88 bits per heavy atom. The van der Waals surface area contributed by atoms with Gasteiger partial charge in [-0.2, -0.15) is 5.26 Å². The van der Waals surface area contributed by atoms with Crippen molar-refractivity contribution in [3.05, 3.63) is 35.4 Å². The highest BCUT2D eigenvalue weighted by Gasteiger charge is 2.31. The van der Waals surface area contributed by atoms with Crippen LogP contribution in [0.4, 0.5) is 0 Å². The summed E-state index contributed by atoms with van der Waals surface area (Å²) in [6.07, 6.45) is 0. The molecule has 1 atom stereocenters. The molecule has 0 aliphatic rings. The van der Waals surface area contributed by atoms with Crippen molar-refractivity contribution in [2.45, 2.75) is 33.6 Å². The zero-order valence-electron chi connectivity index (χ0n) is 10.2. The predicted molar refractivity (Wildman–Crippen MR) is 64.0 cm³/mol. The molecule has 0 heterocycles. The highest BCUT2D eigenvalue weighted by molar-refractivity contribution is 5.92. The third kappa shape index (κ3) is 2.49. The summed E-state index contributed by atoms with van der Waals surface area (Å²) < 4.78 is 0. The van der Waals surface area contributed by atoms with Gasteiger partial charge in [-0.1, -0.05) is 45.0 Å². The number of benzene rings is 1. The van der Waals surface area contributed by atoms with Gasteiger partial charge in [0.05, 0.1) is 6.07 Å². The minimum absolute atomic E-state index is 0.0238. The monoisotopic (exact) mass is 215 g/mol. The molecule has 84 valence electrons. The lowest BCUT2D eigenvalue weighted by molar-refractivity contribution is -0.126. The molecule has 0 N–H and O–H groups in total. The van der Waals surface area contributed by atoms with Crippen molar-refractivity contribution in [3.8, 4) is 6.07 Å². The van der Waals surface area contributed by atoms with Crippen LogP contribution >= 0.6 is 0 Å². The highest BCUT2D eigenvalue weighted by atomic mass is 16.1. The SMILES string of the molecule is Cc1ccccc1C(C#N)C(=O)C(C)(C)C. The van der Waals surface area contributed by atoms with Gasteiger partial charge in [0.2, 0.25) is 0 Å². The van der Waals surface area contributed by atoms with E-state index in [1.807, 2.05) is 52.0 Å². The molecule has 0 saturated carbocycles. The van der Waals surface area contributed by atoms with Crippen LogP contribution < -0.4 is 0 Å². The van der Waals surface area contributed by atoms with Crippen molar-refractivity contribution in [1.29, 1.82) is 5.26 Å². The van der Waals surface area contributed by atoms with E-state index in [0.29, 0.717) is 0 Å². The van der Waals surface area contributed by atoms with Gasteiger partial charge in [0.25, 0.3) is 0 Å². The number of nitriles is 1. The molecule has 0 aliphatic heterocycles. The van der Waals surface area contributed by atoms with E-state index in [9.17, 15) is 4.79 Å². The lowest BCUT2D eigenvalue weighted by Crippen LogP contribution is -2.26. The summed E-state index contributed by atoms with van der Waals surface area (Å²) in [5.41, 5.74) is 1.33. The van der Waals surface area contributed by atoms with E-state index >= 15 is 0 Å². The van der Waals surface area contributed by atoms with Crippen LogP contribution in [0, 0.1) is 23.7 Å². The summed E-state index contributed by atoms with van der Waals surface area (Å²) in [6, 6.07) is 9.67. The van der Waals surface area contributed by atoms with Crippen LogP contribution in [0.3, 0.4) is 0 Å². The number of hydrogen-bond acceptors (Lipinski definition) is 2. The molecule has 2 nitrogen and oxygen atoms in total. The Hall–Kier alpha value is -1.62. The van der Waals surface area contributed by atoms with E-state index in [0.717, 1.165) is 11.1 Å². The molecule has 16 heavy (non-hydrogen) atoms. The maximum Gasteiger partial charge on any atom is 0.159 e. The minimum atomic E-state index is -0.652. The van der Waals surface area contributed by atoms with Crippen LogP contribution in [-0.4, -0.2) is 5.78 Å². The highest BCUT2D eigenvalue weighted by Crippen LogP contribution is 2.28. The van der Waals surface area contributed by atoms with E-state index in [1.54, 1.807) is 0 Å². The summed E-state index contributed by atoms with van der Waals surface area (Å²) in [4.78, 5) is 12.1. The van der Waals surface area contributed by atoms with Gasteiger partial charge in [-0.15, -0.1) is 0 Å². The molecule has 0 saturated heterocycles. The second-order valence-electron chi connectivity index (χ2n) is 5.03. The van der Waals surface area contributed by atoms with Crippen molar-refractivity contribution in [2.75, 3.05) is 0 Å². The van der Waals surface area contributed by atoms with E-state index in [2.05, 4.69) is 6.07 Å². The first-order chi connectivity index (χ1) is 7.38. The topological polar surface area (TPSA) is 40.9 Å². The quantitative estimate of drug-likeness (QED) is 0.760. The van der Waals surface area contributed by atoms with Crippen LogP contribution in [0.2, 0.25) is 0 Å². The van der Waals surface area contributed by atoms with E-state index in [4.69, 9.17) is 5.26 Å². The van der Waals surface area contributed by atoms with Crippen LogP contribution in [0.15, 0.2) is 24.3 Å². The summed E-state index contributed by atoms with van der Waals surface area (Å²) in [7, 11) is 0. The number of ketones is 1. The van der Waals surface area contributed by atoms with E-state index in [-0.39, 0.29) is 5.78 Å². The van der Waals surface area contributed by atoms with E-state index < -0.39 is 11.3 Å². The van der Waals surface area contributed by atoms with Gasteiger partial charge in [0.15, 0.2) is 5.78 Å². The molecular weight excluding hydrogens is 198 g/mol.